The highest BCUT2D eigenvalue weighted by Crippen LogP contribution is 2.16. The molecule has 22 heavy (non-hydrogen) atoms. The summed E-state index contributed by atoms with van der Waals surface area (Å²) in [6.45, 7) is 3.63. The van der Waals surface area contributed by atoms with Crippen LogP contribution in [0.4, 0.5) is 14.5 Å². The molecule has 116 valence electrons. The summed E-state index contributed by atoms with van der Waals surface area (Å²) in [5, 5.41) is 5.59. The highest BCUT2D eigenvalue weighted by Gasteiger charge is 2.17. The third-order valence-corrected chi connectivity index (χ3v) is 3.38. The van der Waals surface area contributed by atoms with Crippen LogP contribution >= 0.6 is 0 Å². The van der Waals surface area contributed by atoms with Crippen LogP contribution in [-0.2, 0) is 4.79 Å². The number of rotatable bonds is 5. The number of halogens is 2. The van der Waals surface area contributed by atoms with Crippen LogP contribution in [0.1, 0.15) is 25.5 Å². The summed E-state index contributed by atoms with van der Waals surface area (Å²) in [4.78, 5) is 12.1. The Morgan fingerprint density at radius 2 is 1.73 bits per heavy atom. The third kappa shape index (κ3) is 4.11. The summed E-state index contributed by atoms with van der Waals surface area (Å²) in [6, 6.07) is 12.2. The summed E-state index contributed by atoms with van der Waals surface area (Å²) >= 11 is 0. The van der Waals surface area contributed by atoms with E-state index in [4.69, 9.17) is 0 Å². The number of hydrogen-bond acceptors (Lipinski definition) is 2. The molecule has 2 rings (SSSR count). The Kier molecular flexibility index (Phi) is 5.22. The van der Waals surface area contributed by atoms with E-state index in [1.807, 2.05) is 37.3 Å². The summed E-state index contributed by atoms with van der Waals surface area (Å²) in [7, 11) is 0. The van der Waals surface area contributed by atoms with Gasteiger partial charge >= 0.3 is 0 Å². The molecule has 2 aromatic rings. The second kappa shape index (κ2) is 7.13. The summed E-state index contributed by atoms with van der Waals surface area (Å²) in [6.07, 6.45) is 0. The van der Waals surface area contributed by atoms with Gasteiger partial charge in [-0.2, -0.15) is 0 Å². The molecule has 0 aromatic heterocycles. The minimum absolute atomic E-state index is 0.0278. The van der Waals surface area contributed by atoms with E-state index in [1.165, 1.54) is 6.07 Å². The smallest absolute Gasteiger partial charge is 0.241 e. The fraction of sp³-hybridized carbons (Fsp3) is 0.235. The average molecular weight is 304 g/mol. The van der Waals surface area contributed by atoms with E-state index in [9.17, 15) is 13.6 Å². The normalized spacial score (nSPS) is 13.5. The van der Waals surface area contributed by atoms with Gasteiger partial charge in [-0.1, -0.05) is 30.3 Å². The molecule has 0 aliphatic rings. The summed E-state index contributed by atoms with van der Waals surface area (Å²) in [5.74, 6) is -1.86. The van der Waals surface area contributed by atoms with Crippen LogP contribution in [0, 0.1) is 11.6 Å². The molecular formula is C17H18F2N2O. The lowest BCUT2D eigenvalue weighted by Crippen LogP contribution is -2.39. The minimum atomic E-state index is -0.795. The molecule has 0 spiro atoms. The first kappa shape index (κ1) is 16.1. The first-order chi connectivity index (χ1) is 10.5. The molecule has 0 bridgehead atoms. The van der Waals surface area contributed by atoms with Crippen molar-refractivity contribution >= 4 is 11.6 Å². The van der Waals surface area contributed by atoms with Crippen molar-refractivity contribution in [3.63, 3.8) is 0 Å². The molecular weight excluding hydrogens is 286 g/mol. The SMILES string of the molecule is C[C@H](N[C@@H](C)c1ccccc1)C(=O)Nc1ccc(F)cc1F. The van der Waals surface area contributed by atoms with E-state index < -0.39 is 17.7 Å². The number of amides is 1. The Morgan fingerprint density at radius 3 is 2.36 bits per heavy atom. The van der Waals surface area contributed by atoms with Crippen molar-refractivity contribution in [2.75, 3.05) is 5.32 Å². The fourth-order valence-electron chi connectivity index (χ4n) is 2.12. The van der Waals surface area contributed by atoms with Crippen LogP contribution < -0.4 is 10.6 Å². The lowest BCUT2D eigenvalue weighted by Gasteiger charge is -2.20. The Hall–Kier alpha value is -2.27. The van der Waals surface area contributed by atoms with Gasteiger partial charge in [0, 0.05) is 12.1 Å². The van der Waals surface area contributed by atoms with Crippen LogP contribution in [0.15, 0.2) is 48.5 Å². The van der Waals surface area contributed by atoms with Crippen LogP contribution in [-0.4, -0.2) is 11.9 Å². The monoisotopic (exact) mass is 304 g/mol. The maximum absolute atomic E-state index is 13.5. The van der Waals surface area contributed by atoms with E-state index in [-0.39, 0.29) is 17.6 Å². The number of carbonyl (C=O) groups excluding carboxylic acids is 1. The van der Waals surface area contributed by atoms with Crippen molar-refractivity contribution in [1.29, 1.82) is 0 Å². The molecule has 2 N–H and O–H groups in total. The summed E-state index contributed by atoms with van der Waals surface area (Å²) in [5.41, 5.74) is 1.02. The molecule has 1 amide bonds. The van der Waals surface area contributed by atoms with Gasteiger partial charge in [0.25, 0.3) is 0 Å². The van der Waals surface area contributed by atoms with E-state index in [1.54, 1.807) is 6.92 Å². The van der Waals surface area contributed by atoms with Crippen molar-refractivity contribution in [2.45, 2.75) is 25.9 Å². The molecule has 0 radical (unpaired) electrons. The predicted octanol–water partition coefficient (Wildman–Crippen LogP) is 3.64. The first-order valence-electron chi connectivity index (χ1n) is 7.04. The topological polar surface area (TPSA) is 41.1 Å². The van der Waals surface area contributed by atoms with Crippen molar-refractivity contribution < 1.29 is 13.6 Å². The van der Waals surface area contributed by atoms with E-state index >= 15 is 0 Å². The third-order valence-electron chi connectivity index (χ3n) is 3.38. The lowest BCUT2D eigenvalue weighted by atomic mass is 10.1. The van der Waals surface area contributed by atoms with E-state index in [0.717, 1.165) is 17.7 Å². The molecule has 0 saturated heterocycles. The van der Waals surface area contributed by atoms with Crippen molar-refractivity contribution in [2.24, 2.45) is 0 Å². The quantitative estimate of drug-likeness (QED) is 0.885. The first-order valence-corrected chi connectivity index (χ1v) is 7.04. The maximum Gasteiger partial charge on any atom is 0.241 e. The second-order valence-electron chi connectivity index (χ2n) is 5.13. The number of hydrogen-bond donors (Lipinski definition) is 2. The van der Waals surface area contributed by atoms with Crippen LogP contribution in [0.25, 0.3) is 0 Å². The Bertz CT molecular complexity index is 646. The minimum Gasteiger partial charge on any atom is -0.322 e. The van der Waals surface area contributed by atoms with Gasteiger partial charge in [-0.25, -0.2) is 8.78 Å². The molecule has 5 heteroatoms. The number of benzene rings is 2. The Balaban J connectivity index is 1.97. The van der Waals surface area contributed by atoms with Gasteiger partial charge in [-0.05, 0) is 31.5 Å². The summed E-state index contributed by atoms with van der Waals surface area (Å²) < 4.78 is 26.4. The molecule has 3 nitrogen and oxygen atoms in total. The molecule has 2 atom stereocenters. The van der Waals surface area contributed by atoms with Gasteiger partial charge in [0.05, 0.1) is 11.7 Å². The number of anilines is 1. The van der Waals surface area contributed by atoms with Crippen LogP contribution in [0.2, 0.25) is 0 Å². The Labute approximate surface area is 128 Å². The Morgan fingerprint density at radius 1 is 1.05 bits per heavy atom. The van der Waals surface area contributed by atoms with Crippen molar-refractivity contribution in [3.8, 4) is 0 Å². The van der Waals surface area contributed by atoms with Crippen LogP contribution in [0.3, 0.4) is 0 Å². The van der Waals surface area contributed by atoms with Gasteiger partial charge in [-0.15, -0.1) is 0 Å². The molecule has 0 saturated carbocycles. The molecule has 0 heterocycles. The van der Waals surface area contributed by atoms with E-state index in [0.29, 0.717) is 0 Å². The zero-order valence-corrected chi connectivity index (χ0v) is 12.4. The zero-order valence-electron chi connectivity index (χ0n) is 12.4. The molecule has 2 aromatic carbocycles. The fourth-order valence-corrected chi connectivity index (χ4v) is 2.12. The standard InChI is InChI=1S/C17H18F2N2O/c1-11(13-6-4-3-5-7-13)20-12(2)17(22)21-16-9-8-14(18)10-15(16)19/h3-12,20H,1-2H3,(H,21,22)/t11-,12-/m0/s1. The molecule has 0 aliphatic heterocycles. The van der Waals surface area contributed by atoms with Gasteiger partial charge in [0.2, 0.25) is 5.91 Å². The molecule has 0 fully saturated rings. The second-order valence-corrected chi connectivity index (χ2v) is 5.13. The van der Waals surface area contributed by atoms with Crippen molar-refractivity contribution in [1.82, 2.24) is 5.32 Å². The van der Waals surface area contributed by atoms with Gasteiger partial charge in [-0.3, -0.25) is 10.1 Å². The van der Waals surface area contributed by atoms with Gasteiger partial charge < -0.3 is 5.32 Å². The van der Waals surface area contributed by atoms with E-state index in [2.05, 4.69) is 10.6 Å². The highest BCUT2D eigenvalue weighted by atomic mass is 19.1. The van der Waals surface area contributed by atoms with Gasteiger partial charge in [0.1, 0.15) is 11.6 Å². The van der Waals surface area contributed by atoms with Crippen LogP contribution in [0.5, 0.6) is 0 Å². The maximum atomic E-state index is 13.5. The highest BCUT2D eigenvalue weighted by molar-refractivity contribution is 5.94. The predicted molar refractivity (Wildman–Crippen MR) is 82.4 cm³/mol. The zero-order chi connectivity index (χ0) is 16.1. The number of nitrogens with one attached hydrogen (secondary N) is 2. The van der Waals surface area contributed by atoms with Crippen molar-refractivity contribution in [3.05, 3.63) is 65.7 Å². The largest absolute Gasteiger partial charge is 0.322 e. The number of carbonyl (C=O) groups is 1. The average Bonchev–Trinajstić information content (AvgIpc) is 2.50. The molecule has 0 unspecified atom stereocenters. The molecule has 0 aliphatic carbocycles. The van der Waals surface area contributed by atoms with Gasteiger partial charge in [0.15, 0.2) is 0 Å². The lowest BCUT2D eigenvalue weighted by molar-refractivity contribution is -0.118.